The molecule has 1 aromatic carbocycles. The van der Waals surface area contributed by atoms with Crippen LogP contribution in [0.1, 0.15) is 49.2 Å². The molecular formula is C14H18O. The average Bonchev–Trinajstić information content (AvgIpc) is 2.33. The summed E-state index contributed by atoms with van der Waals surface area (Å²) in [6.07, 6.45) is 2.00. The molecule has 0 heterocycles. The van der Waals surface area contributed by atoms with Crippen molar-refractivity contribution >= 4 is 6.29 Å². The third-order valence-electron chi connectivity index (χ3n) is 4.26. The Kier molecular flexibility index (Phi) is 2.04. The minimum atomic E-state index is 0.198. The molecule has 0 spiro atoms. The van der Waals surface area contributed by atoms with Crippen molar-refractivity contribution in [1.82, 2.24) is 0 Å². The van der Waals surface area contributed by atoms with E-state index in [9.17, 15) is 4.79 Å². The zero-order valence-corrected chi connectivity index (χ0v) is 9.92. The SMILES string of the molecule is CC1(C)Cc2cc(C=O)ccc2C1(C)C. The fourth-order valence-electron chi connectivity index (χ4n) is 2.50. The third-order valence-corrected chi connectivity index (χ3v) is 4.26. The molecule has 1 heteroatoms. The van der Waals surface area contributed by atoms with Crippen molar-refractivity contribution in [3.63, 3.8) is 0 Å². The number of benzene rings is 1. The van der Waals surface area contributed by atoms with Crippen LogP contribution in [0.3, 0.4) is 0 Å². The van der Waals surface area contributed by atoms with Crippen LogP contribution in [-0.4, -0.2) is 6.29 Å². The van der Waals surface area contributed by atoms with Crippen molar-refractivity contribution in [2.45, 2.75) is 39.5 Å². The molecule has 1 nitrogen and oxygen atoms in total. The maximum absolute atomic E-state index is 10.7. The van der Waals surface area contributed by atoms with E-state index >= 15 is 0 Å². The van der Waals surface area contributed by atoms with Crippen molar-refractivity contribution < 1.29 is 4.79 Å². The van der Waals surface area contributed by atoms with Gasteiger partial charge < -0.3 is 0 Å². The third kappa shape index (κ3) is 1.33. The minimum Gasteiger partial charge on any atom is -0.298 e. The molecule has 0 bridgehead atoms. The van der Waals surface area contributed by atoms with Crippen LogP contribution in [-0.2, 0) is 11.8 Å². The van der Waals surface area contributed by atoms with Gasteiger partial charge in [0.2, 0.25) is 0 Å². The number of carbonyl (C=O) groups excluding carboxylic acids is 1. The van der Waals surface area contributed by atoms with E-state index in [1.807, 2.05) is 12.1 Å². The highest BCUT2D eigenvalue weighted by Gasteiger charge is 2.45. The van der Waals surface area contributed by atoms with Crippen molar-refractivity contribution in [2.75, 3.05) is 0 Å². The van der Waals surface area contributed by atoms with Crippen LogP contribution in [0.25, 0.3) is 0 Å². The van der Waals surface area contributed by atoms with Crippen LogP contribution in [0.5, 0.6) is 0 Å². The van der Waals surface area contributed by atoms with Crippen LogP contribution in [0.4, 0.5) is 0 Å². The van der Waals surface area contributed by atoms with Crippen molar-refractivity contribution in [1.29, 1.82) is 0 Å². The van der Waals surface area contributed by atoms with E-state index in [0.717, 1.165) is 18.3 Å². The molecule has 0 N–H and O–H groups in total. The van der Waals surface area contributed by atoms with Crippen molar-refractivity contribution in [2.24, 2.45) is 5.41 Å². The highest BCUT2D eigenvalue weighted by Crippen LogP contribution is 2.51. The Bertz CT molecular complexity index is 413. The first-order valence-corrected chi connectivity index (χ1v) is 5.47. The van der Waals surface area contributed by atoms with Crippen LogP contribution >= 0.6 is 0 Å². The van der Waals surface area contributed by atoms with Gasteiger partial charge in [-0.1, -0.05) is 39.8 Å². The second-order valence-electron chi connectivity index (χ2n) is 5.72. The lowest BCUT2D eigenvalue weighted by molar-refractivity contribution is 0.112. The maximum atomic E-state index is 10.7. The molecule has 0 atom stereocenters. The van der Waals surface area contributed by atoms with Gasteiger partial charge in [-0.3, -0.25) is 4.79 Å². The number of rotatable bonds is 1. The summed E-state index contributed by atoms with van der Waals surface area (Å²) in [5.41, 5.74) is 4.01. The molecule has 1 aromatic rings. The average molecular weight is 202 g/mol. The Labute approximate surface area is 91.5 Å². The van der Waals surface area contributed by atoms with E-state index in [1.54, 1.807) is 0 Å². The van der Waals surface area contributed by atoms with E-state index in [4.69, 9.17) is 0 Å². The van der Waals surface area contributed by atoms with Gasteiger partial charge in [0.15, 0.2) is 0 Å². The largest absolute Gasteiger partial charge is 0.298 e. The summed E-state index contributed by atoms with van der Waals surface area (Å²) in [4.78, 5) is 10.7. The standard InChI is InChI=1S/C14H18O/c1-13(2)8-11-7-10(9-15)5-6-12(11)14(13,3)4/h5-7,9H,8H2,1-4H3. The highest BCUT2D eigenvalue weighted by atomic mass is 16.1. The van der Waals surface area contributed by atoms with Crippen molar-refractivity contribution in [3.8, 4) is 0 Å². The van der Waals surface area contributed by atoms with Crippen LogP contribution in [0, 0.1) is 5.41 Å². The molecule has 0 aliphatic heterocycles. The Hall–Kier alpha value is -1.11. The summed E-state index contributed by atoms with van der Waals surface area (Å²) in [5, 5.41) is 0. The molecule has 80 valence electrons. The van der Waals surface area contributed by atoms with Crippen LogP contribution < -0.4 is 0 Å². The van der Waals surface area contributed by atoms with Gasteiger partial charge in [0.05, 0.1) is 0 Å². The zero-order chi connectivity index (χ0) is 11.3. The first kappa shape index (κ1) is 10.4. The number of hydrogen-bond donors (Lipinski definition) is 0. The van der Waals surface area contributed by atoms with E-state index < -0.39 is 0 Å². The Morgan fingerprint density at radius 2 is 1.87 bits per heavy atom. The van der Waals surface area contributed by atoms with Gasteiger partial charge in [-0.25, -0.2) is 0 Å². The molecule has 0 aromatic heterocycles. The molecular weight excluding hydrogens is 184 g/mol. The monoisotopic (exact) mass is 202 g/mol. The quantitative estimate of drug-likeness (QED) is 0.638. The Balaban J connectivity index is 2.58. The summed E-state index contributed by atoms with van der Waals surface area (Å²) in [5.74, 6) is 0. The summed E-state index contributed by atoms with van der Waals surface area (Å²) in [6, 6.07) is 6.08. The topological polar surface area (TPSA) is 17.1 Å². The maximum Gasteiger partial charge on any atom is 0.150 e. The highest BCUT2D eigenvalue weighted by molar-refractivity contribution is 5.75. The molecule has 0 radical (unpaired) electrons. The lowest BCUT2D eigenvalue weighted by Gasteiger charge is -2.35. The van der Waals surface area contributed by atoms with Gasteiger partial charge in [-0.2, -0.15) is 0 Å². The molecule has 1 aliphatic rings. The molecule has 2 rings (SSSR count). The van der Waals surface area contributed by atoms with Crippen molar-refractivity contribution in [3.05, 3.63) is 34.9 Å². The lowest BCUT2D eigenvalue weighted by atomic mass is 9.69. The van der Waals surface area contributed by atoms with E-state index in [-0.39, 0.29) is 10.8 Å². The predicted molar refractivity (Wildman–Crippen MR) is 62.3 cm³/mol. The number of carbonyl (C=O) groups is 1. The molecule has 0 saturated heterocycles. The Morgan fingerprint density at radius 3 is 2.47 bits per heavy atom. The lowest BCUT2D eigenvalue weighted by Crippen LogP contribution is -2.32. The van der Waals surface area contributed by atoms with Crippen LogP contribution in [0.15, 0.2) is 18.2 Å². The first-order chi connectivity index (χ1) is 6.88. The smallest absolute Gasteiger partial charge is 0.150 e. The summed E-state index contributed by atoms with van der Waals surface area (Å²) >= 11 is 0. The fourth-order valence-corrected chi connectivity index (χ4v) is 2.50. The van der Waals surface area contributed by atoms with Gasteiger partial charge in [0.25, 0.3) is 0 Å². The summed E-state index contributed by atoms with van der Waals surface area (Å²) in [6.45, 7) is 9.18. The molecule has 1 aliphatic carbocycles. The Morgan fingerprint density at radius 1 is 1.20 bits per heavy atom. The molecule has 15 heavy (non-hydrogen) atoms. The first-order valence-electron chi connectivity index (χ1n) is 5.47. The predicted octanol–water partition coefficient (Wildman–Crippen LogP) is 3.36. The number of aldehydes is 1. The van der Waals surface area contributed by atoms with E-state index in [0.29, 0.717) is 0 Å². The second kappa shape index (κ2) is 2.94. The van der Waals surface area contributed by atoms with E-state index in [1.165, 1.54) is 11.1 Å². The minimum absolute atomic E-state index is 0.198. The van der Waals surface area contributed by atoms with E-state index in [2.05, 4.69) is 33.8 Å². The van der Waals surface area contributed by atoms with Crippen LogP contribution in [0.2, 0.25) is 0 Å². The summed E-state index contributed by atoms with van der Waals surface area (Å²) in [7, 11) is 0. The summed E-state index contributed by atoms with van der Waals surface area (Å²) < 4.78 is 0. The molecule has 0 unspecified atom stereocenters. The second-order valence-corrected chi connectivity index (χ2v) is 5.72. The van der Waals surface area contributed by atoms with Gasteiger partial charge in [0, 0.05) is 5.56 Å². The number of hydrogen-bond acceptors (Lipinski definition) is 1. The van der Waals surface area contributed by atoms with Gasteiger partial charge in [0.1, 0.15) is 6.29 Å². The molecule has 0 amide bonds. The normalized spacial score (nSPS) is 21.1. The fraction of sp³-hybridized carbons (Fsp3) is 0.500. The number of fused-ring (bicyclic) bond motifs is 1. The molecule has 0 fully saturated rings. The molecule has 0 saturated carbocycles. The van der Waals surface area contributed by atoms with Gasteiger partial charge in [-0.15, -0.1) is 0 Å². The van der Waals surface area contributed by atoms with Gasteiger partial charge >= 0.3 is 0 Å². The zero-order valence-electron chi connectivity index (χ0n) is 9.92. The van der Waals surface area contributed by atoms with Gasteiger partial charge in [-0.05, 0) is 34.4 Å².